The molecule has 2 aromatic rings. The Morgan fingerprint density at radius 3 is 2.95 bits per heavy atom. The fourth-order valence-electron chi connectivity index (χ4n) is 1.54. The average Bonchev–Trinajstić information content (AvgIpc) is 2.83. The first kappa shape index (κ1) is 12.8. The largest absolute Gasteiger partial charge is 0.438 e. The smallest absolute Gasteiger partial charge is 0.289 e. The minimum Gasteiger partial charge on any atom is -0.438 e. The summed E-state index contributed by atoms with van der Waals surface area (Å²) in [5.41, 5.74) is 1.00. The van der Waals surface area contributed by atoms with Gasteiger partial charge >= 0.3 is 0 Å². The minimum absolute atomic E-state index is 0.0104. The van der Waals surface area contributed by atoms with Crippen molar-refractivity contribution in [1.29, 1.82) is 5.26 Å². The van der Waals surface area contributed by atoms with Crippen molar-refractivity contribution in [3.8, 4) is 6.07 Å². The number of aromatic nitrogens is 1. The molecule has 0 radical (unpaired) electrons. The van der Waals surface area contributed by atoms with Gasteiger partial charge in [-0.2, -0.15) is 5.26 Å². The van der Waals surface area contributed by atoms with E-state index in [1.54, 1.807) is 6.92 Å². The molecule has 6 heteroatoms. The number of halogens is 1. The molecule has 1 heterocycles. The molecule has 19 heavy (non-hydrogen) atoms. The molecule has 96 valence electrons. The lowest BCUT2D eigenvalue weighted by Crippen LogP contribution is -2.23. The summed E-state index contributed by atoms with van der Waals surface area (Å²) in [4.78, 5) is 15.5. The molecule has 0 unspecified atom stereocenters. The third kappa shape index (κ3) is 2.77. The Morgan fingerprint density at radius 1 is 1.58 bits per heavy atom. The van der Waals surface area contributed by atoms with Gasteiger partial charge in [0.05, 0.1) is 17.3 Å². The maximum Gasteiger partial charge on any atom is 0.289 e. The third-order valence-electron chi connectivity index (χ3n) is 2.57. The first-order valence-electron chi connectivity index (χ1n) is 5.48. The zero-order valence-corrected chi connectivity index (χ0v) is 10.1. The number of oxazole rings is 1. The number of carbonyl (C=O) groups is 1. The summed E-state index contributed by atoms with van der Waals surface area (Å²) in [5.74, 6) is -0.888. The van der Waals surface area contributed by atoms with Gasteiger partial charge in [-0.15, -0.1) is 0 Å². The van der Waals surface area contributed by atoms with E-state index in [4.69, 9.17) is 9.68 Å². The van der Waals surface area contributed by atoms with Crippen LogP contribution in [0, 0.1) is 24.1 Å². The van der Waals surface area contributed by atoms with Gasteiger partial charge in [-0.05, 0) is 19.1 Å². The summed E-state index contributed by atoms with van der Waals surface area (Å²) in [7, 11) is 0. The molecule has 0 aliphatic heterocycles. The highest BCUT2D eigenvalue weighted by Gasteiger charge is 2.14. The van der Waals surface area contributed by atoms with Gasteiger partial charge in [-0.25, -0.2) is 9.37 Å². The van der Waals surface area contributed by atoms with E-state index >= 15 is 0 Å². The Morgan fingerprint density at radius 2 is 2.37 bits per heavy atom. The molecule has 0 saturated carbocycles. The Balaban J connectivity index is 2.06. The van der Waals surface area contributed by atoms with Crippen LogP contribution in [0.2, 0.25) is 0 Å². The second-order valence-electron chi connectivity index (χ2n) is 3.87. The van der Waals surface area contributed by atoms with Gasteiger partial charge in [0.25, 0.3) is 5.91 Å². The van der Waals surface area contributed by atoms with E-state index in [0.717, 1.165) is 6.07 Å². The molecular formula is C13H10FN3O2. The summed E-state index contributed by atoms with van der Waals surface area (Å²) in [6, 6.07) is 5.92. The first-order chi connectivity index (χ1) is 9.11. The molecule has 0 saturated heterocycles. The molecule has 0 aliphatic carbocycles. The second-order valence-corrected chi connectivity index (χ2v) is 3.87. The maximum absolute atomic E-state index is 13.6. The van der Waals surface area contributed by atoms with Crippen LogP contribution in [0.15, 0.2) is 29.0 Å². The fraction of sp³-hybridized carbons (Fsp3) is 0.154. The third-order valence-corrected chi connectivity index (χ3v) is 2.57. The van der Waals surface area contributed by atoms with E-state index in [9.17, 15) is 9.18 Å². The molecule has 0 aliphatic rings. The van der Waals surface area contributed by atoms with Crippen molar-refractivity contribution < 1.29 is 13.6 Å². The Labute approximate surface area is 108 Å². The monoisotopic (exact) mass is 259 g/mol. The number of nitriles is 1. The number of nitrogens with zero attached hydrogens (tertiary/aromatic N) is 2. The summed E-state index contributed by atoms with van der Waals surface area (Å²) in [5, 5.41) is 11.1. The summed E-state index contributed by atoms with van der Waals surface area (Å²) in [6.07, 6.45) is 1.17. The van der Waals surface area contributed by atoms with E-state index in [1.807, 2.05) is 6.07 Å². The molecule has 1 aromatic carbocycles. The van der Waals surface area contributed by atoms with Gasteiger partial charge in [0.15, 0.2) is 6.39 Å². The number of carbonyl (C=O) groups excluding carboxylic acids is 1. The van der Waals surface area contributed by atoms with E-state index < -0.39 is 11.7 Å². The Bertz CT molecular complexity index is 658. The Kier molecular flexibility index (Phi) is 3.57. The molecular weight excluding hydrogens is 249 g/mol. The zero-order valence-electron chi connectivity index (χ0n) is 10.1. The maximum atomic E-state index is 13.6. The standard InChI is InChI=1S/C13H10FN3O2/c1-8-12(19-7-17-8)13(18)16-6-10-3-2-9(5-15)4-11(10)14/h2-4,7H,6H2,1H3,(H,16,18). The second kappa shape index (κ2) is 5.31. The molecule has 0 spiro atoms. The predicted octanol–water partition coefficient (Wildman–Crippen LogP) is 1.92. The van der Waals surface area contributed by atoms with E-state index in [-0.39, 0.29) is 17.9 Å². The predicted molar refractivity (Wildman–Crippen MR) is 63.5 cm³/mol. The molecule has 1 N–H and O–H groups in total. The summed E-state index contributed by atoms with van der Waals surface area (Å²) >= 11 is 0. The van der Waals surface area contributed by atoms with Gasteiger partial charge < -0.3 is 9.73 Å². The molecule has 0 fully saturated rings. The lowest BCUT2D eigenvalue weighted by atomic mass is 10.1. The number of nitrogens with one attached hydrogen (secondary N) is 1. The minimum atomic E-state index is -0.534. The SMILES string of the molecule is Cc1ncoc1C(=O)NCc1ccc(C#N)cc1F. The van der Waals surface area contributed by atoms with Crippen molar-refractivity contribution in [3.05, 3.63) is 53.0 Å². The number of hydrogen-bond donors (Lipinski definition) is 1. The van der Waals surface area contributed by atoms with Crippen molar-refractivity contribution in [2.45, 2.75) is 13.5 Å². The first-order valence-corrected chi connectivity index (χ1v) is 5.48. The van der Waals surface area contributed by atoms with Gasteiger partial charge in [0.2, 0.25) is 5.76 Å². The van der Waals surface area contributed by atoms with Gasteiger partial charge in [-0.3, -0.25) is 4.79 Å². The zero-order chi connectivity index (χ0) is 13.8. The molecule has 0 bridgehead atoms. The van der Waals surface area contributed by atoms with Gasteiger partial charge in [0.1, 0.15) is 5.82 Å². The summed E-state index contributed by atoms with van der Waals surface area (Å²) < 4.78 is 18.5. The number of benzene rings is 1. The summed E-state index contributed by atoms with van der Waals surface area (Å²) in [6.45, 7) is 1.65. The van der Waals surface area contributed by atoms with Crippen LogP contribution in [0.1, 0.15) is 27.4 Å². The van der Waals surface area contributed by atoms with E-state index in [0.29, 0.717) is 11.3 Å². The van der Waals surface area contributed by atoms with E-state index in [2.05, 4.69) is 10.3 Å². The molecule has 5 nitrogen and oxygen atoms in total. The Hall–Kier alpha value is -2.68. The van der Waals surface area contributed by atoms with Crippen LogP contribution >= 0.6 is 0 Å². The molecule has 2 rings (SSSR count). The highest BCUT2D eigenvalue weighted by molar-refractivity contribution is 5.92. The normalized spacial score (nSPS) is 9.95. The quantitative estimate of drug-likeness (QED) is 0.913. The van der Waals surface area contributed by atoms with Crippen molar-refractivity contribution in [1.82, 2.24) is 10.3 Å². The number of aryl methyl sites for hydroxylation is 1. The number of hydrogen-bond acceptors (Lipinski definition) is 4. The van der Waals surface area contributed by atoms with Crippen molar-refractivity contribution in [2.24, 2.45) is 0 Å². The van der Waals surface area contributed by atoms with Crippen LogP contribution in [0.25, 0.3) is 0 Å². The lowest BCUT2D eigenvalue weighted by molar-refractivity contribution is 0.0922. The van der Waals surface area contributed by atoms with E-state index in [1.165, 1.54) is 18.5 Å². The van der Waals surface area contributed by atoms with Crippen molar-refractivity contribution in [3.63, 3.8) is 0 Å². The van der Waals surface area contributed by atoms with Gasteiger partial charge in [0, 0.05) is 12.1 Å². The average molecular weight is 259 g/mol. The van der Waals surface area contributed by atoms with Gasteiger partial charge in [-0.1, -0.05) is 6.07 Å². The highest BCUT2D eigenvalue weighted by atomic mass is 19.1. The van der Waals surface area contributed by atoms with Crippen LogP contribution < -0.4 is 5.32 Å². The van der Waals surface area contributed by atoms with Crippen LogP contribution in [0.5, 0.6) is 0 Å². The van der Waals surface area contributed by atoms with Crippen LogP contribution in [0.3, 0.4) is 0 Å². The van der Waals surface area contributed by atoms with Crippen molar-refractivity contribution >= 4 is 5.91 Å². The number of amides is 1. The van der Waals surface area contributed by atoms with Crippen LogP contribution in [0.4, 0.5) is 4.39 Å². The van der Waals surface area contributed by atoms with Crippen molar-refractivity contribution in [2.75, 3.05) is 0 Å². The number of rotatable bonds is 3. The lowest BCUT2D eigenvalue weighted by Gasteiger charge is -2.05. The topological polar surface area (TPSA) is 78.9 Å². The molecule has 1 aromatic heterocycles. The fourth-order valence-corrected chi connectivity index (χ4v) is 1.54. The van der Waals surface area contributed by atoms with Crippen LogP contribution in [-0.4, -0.2) is 10.9 Å². The highest BCUT2D eigenvalue weighted by Crippen LogP contribution is 2.10. The molecule has 1 amide bonds. The van der Waals surface area contributed by atoms with Crippen LogP contribution in [-0.2, 0) is 6.54 Å². The molecule has 0 atom stereocenters.